The van der Waals surface area contributed by atoms with Gasteiger partial charge in [0.05, 0.1) is 26.5 Å². The monoisotopic (exact) mass is 467 g/mol. The summed E-state index contributed by atoms with van der Waals surface area (Å²) < 4.78 is 16.5. The fraction of sp³-hybridized carbons (Fsp3) is 0.292. The average Bonchev–Trinajstić information content (AvgIpc) is 3.18. The SMILES string of the molecule is CCOC(=O)C(C)(C)Sc1nc2c([nH]c3ccccc32)c(=O)n1-c1ccc(OC)c(OC)c1. The fourth-order valence-corrected chi connectivity index (χ4v) is 4.59. The Bertz CT molecular complexity index is 1410. The summed E-state index contributed by atoms with van der Waals surface area (Å²) in [7, 11) is 3.08. The van der Waals surface area contributed by atoms with Crippen LogP contribution in [0, 0.1) is 0 Å². The van der Waals surface area contributed by atoms with Crippen molar-refractivity contribution in [2.24, 2.45) is 0 Å². The Morgan fingerprint density at radius 2 is 1.85 bits per heavy atom. The third kappa shape index (κ3) is 4.04. The van der Waals surface area contributed by atoms with Crippen LogP contribution in [0.4, 0.5) is 0 Å². The molecule has 0 bridgehead atoms. The standard InChI is InChI=1S/C24H25N3O5S/c1-6-32-22(29)24(2,3)33-23-26-19-15-9-7-8-10-16(15)25-20(19)21(28)27(23)14-11-12-17(30-4)18(13-14)31-5/h7-13,25H,6H2,1-5H3. The summed E-state index contributed by atoms with van der Waals surface area (Å²) >= 11 is 1.17. The number of aromatic amines is 1. The van der Waals surface area contributed by atoms with Gasteiger partial charge < -0.3 is 19.2 Å². The molecule has 0 radical (unpaired) electrons. The quantitative estimate of drug-likeness (QED) is 0.246. The van der Waals surface area contributed by atoms with Crippen LogP contribution < -0.4 is 15.0 Å². The van der Waals surface area contributed by atoms with E-state index >= 15 is 0 Å². The van der Waals surface area contributed by atoms with Crippen LogP contribution in [-0.2, 0) is 9.53 Å². The van der Waals surface area contributed by atoms with Crippen molar-refractivity contribution in [1.29, 1.82) is 0 Å². The Kier molecular flexibility index (Phi) is 6.07. The topological polar surface area (TPSA) is 95.4 Å². The molecule has 0 unspecified atom stereocenters. The zero-order chi connectivity index (χ0) is 23.8. The van der Waals surface area contributed by atoms with Gasteiger partial charge in [0, 0.05) is 17.0 Å². The lowest BCUT2D eigenvalue weighted by molar-refractivity contribution is -0.145. The maximum absolute atomic E-state index is 13.7. The van der Waals surface area contributed by atoms with Gasteiger partial charge in [-0.2, -0.15) is 0 Å². The molecule has 2 heterocycles. The second kappa shape index (κ2) is 8.82. The van der Waals surface area contributed by atoms with Gasteiger partial charge >= 0.3 is 5.97 Å². The first-order chi connectivity index (χ1) is 15.8. The molecule has 0 aliphatic heterocycles. The van der Waals surface area contributed by atoms with Crippen molar-refractivity contribution in [1.82, 2.24) is 14.5 Å². The molecule has 4 aromatic rings. The molecule has 0 saturated heterocycles. The van der Waals surface area contributed by atoms with E-state index in [2.05, 4.69) is 4.98 Å². The number of thioether (sulfide) groups is 1. The number of carbonyl (C=O) groups excluding carboxylic acids is 1. The first kappa shape index (κ1) is 22.7. The number of H-pyrrole nitrogens is 1. The first-order valence-corrected chi connectivity index (χ1v) is 11.2. The van der Waals surface area contributed by atoms with Gasteiger partial charge in [0.1, 0.15) is 15.8 Å². The van der Waals surface area contributed by atoms with Crippen molar-refractivity contribution in [2.75, 3.05) is 20.8 Å². The second-order valence-electron chi connectivity index (χ2n) is 7.80. The molecule has 8 nitrogen and oxygen atoms in total. The molecule has 33 heavy (non-hydrogen) atoms. The van der Waals surface area contributed by atoms with Crippen molar-refractivity contribution in [2.45, 2.75) is 30.7 Å². The minimum atomic E-state index is -0.979. The predicted octanol–water partition coefficient (Wildman–Crippen LogP) is 4.32. The molecule has 2 aromatic heterocycles. The minimum Gasteiger partial charge on any atom is -0.493 e. The molecule has 172 valence electrons. The van der Waals surface area contributed by atoms with Crippen LogP contribution in [0.15, 0.2) is 52.4 Å². The molecule has 0 fully saturated rings. The van der Waals surface area contributed by atoms with E-state index in [1.807, 2.05) is 24.3 Å². The third-order valence-corrected chi connectivity index (χ3v) is 6.37. The lowest BCUT2D eigenvalue weighted by atomic mass is 10.2. The largest absolute Gasteiger partial charge is 0.493 e. The molecule has 0 aliphatic carbocycles. The van der Waals surface area contributed by atoms with Crippen molar-refractivity contribution >= 4 is 39.7 Å². The van der Waals surface area contributed by atoms with Gasteiger partial charge in [-0.15, -0.1) is 0 Å². The second-order valence-corrected chi connectivity index (χ2v) is 9.39. The number of methoxy groups -OCH3 is 2. The van der Waals surface area contributed by atoms with E-state index in [1.165, 1.54) is 23.4 Å². The van der Waals surface area contributed by atoms with Gasteiger partial charge in [0.25, 0.3) is 5.56 Å². The molecule has 0 spiro atoms. The number of para-hydroxylation sites is 1. The van der Waals surface area contributed by atoms with E-state index < -0.39 is 4.75 Å². The number of ether oxygens (including phenoxy) is 3. The smallest absolute Gasteiger partial charge is 0.322 e. The van der Waals surface area contributed by atoms with Gasteiger partial charge in [-0.3, -0.25) is 14.2 Å². The number of aromatic nitrogens is 3. The first-order valence-electron chi connectivity index (χ1n) is 10.4. The molecule has 1 N–H and O–H groups in total. The molecular formula is C24H25N3O5S. The minimum absolute atomic E-state index is 0.264. The maximum atomic E-state index is 13.7. The number of rotatable bonds is 7. The molecular weight excluding hydrogens is 442 g/mol. The highest BCUT2D eigenvalue weighted by Crippen LogP contribution is 2.36. The normalized spacial score (nSPS) is 11.7. The van der Waals surface area contributed by atoms with E-state index in [0.29, 0.717) is 33.4 Å². The summed E-state index contributed by atoms with van der Waals surface area (Å²) in [6, 6.07) is 12.8. The lowest BCUT2D eigenvalue weighted by Crippen LogP contribution is -2.32. The average molecular weight is 468 g/mol. The summed E-state index contributed by atoms with van der Waals surface area (Å²) in [6.07, 6.45) is 0. The number of hydrogen-bond acceptors (Lipinski definition) is 7. The van der Waals surface area contributed by atoms with Crippen LogP contribution in [0.5, 0.6) is 11.5 Å². The zero-order valence-electron chi connectivity index (χ0n) is 19.1. The van der Waals surface area contributed by atoms with Crippen molar-refractivity contribution < 1.29 is 19.0 Å². The van der Waals surface area contributed by atoms with Crippen LogP contribution in [0.3, 0.4) is 0 Å². The van der Waals surface area contributed by atoms with Gasteiger partial charge in [-0.1, -0.05) is 30.0 Å². The summed E-state index contributed by atoms with van der Waals surface area (Å²) in [5.41, 5.74) is 1.99. The van der Waals surface area contributed by atoms with E-state index in [1.54, 1.807) is 46.1 Å². The number of esters is 1. The van der Waals surface area contributed by atoms with Gasteiger partial charge in [-0.05, 0) is 39.0 Å². The lowest BCUT2D eigenvalue weighted by Gasteiger charge is -2.23. The van der Waals surface area contributed by atoms with Gasteiger partial charge in [0.2, 0.25) is 0 Å². The van der Waals surface area contributed by atoms with E-state index in [9.17, 15) is 9.59 Å². The Hall–Kier alpha value is -3.46. The van der Waals surface area contributed by atoms with Crippen molar-refractivity contribution in [3.05, 3.63) is 52.8 Å². The van der Waals surface area contributed by atoms with Gasteiger partial charge in [0.15, 0.2) is 16.7 Å². The van der Waals surface area contributed by atoms with Gasteiger partial charge in [-0.25, -0.2) is 4.98 Å². The van der Waals surface area contributed by atoms with Crippen LogP contribution in [0.25, 0.3) is 27.6 Å². The summed E-state index contributed by atoms with van der Waals surface area (Å²) in [4.78, 5) is 34.4. The Labute approximate surface area is 194 Å². The number of nitrogens with one attached hydrogen (secondary N) is 1. The number of benzene rings is 2. The molecule has 9 heteroatoms. The van der Waals surface area contributed by atoms with Crippen LogP contribution >= 0.6 is 11.8 Å². The zero-order valence-corrected chi connectivity index (χ0v) is 19.9. The summed E-state index contributed by atoms with van der Waals surface area (Å²) in [6.45, 7) is 5.52. The Morgan fingerprint density at radius 1 is 1.12 bits per heavy atom. The molecule has 0 atom stereocenters. The van der Waals surface area contributed by atoms with E-state index in [0.717, 1.165) is 10.9 Å². The molecule has 0 aliphatic rings. The Balaban J connectivity index is 2.00. The number of carbonyl (C=O) groups is 1. The summed E-state index contributed by atoms with van der Waals surface area (Å²) in [5.74, 6) is 0.622. The van der Waals surface area contributed by atoms with Crippen LogP contribution in [-0.4, -0.2) is 46.1 Å². The highest BCUT2D eigenvalue weighted by atomic mass is 32.2. The maximum Gasteiger partial charge on any atom is 0.322 e. The van der Waals surface area contributed by atoms with Crippen LogP contribution in [0.1, 0.15) is 20.8 Å². The number of fused-ring (bicyclic) bond motifs is 3. The van der Waals surface area contributed by atoms with E-state index in [-0.39, 0.29) is 18.1 Å². The third-order valence-electron chi connectivity index (χ3n) is 5.23. The van der Waals surface area contributed by atoms with E-state index in [4.69, 9.17) is 19.2 Å². The van der Waals surface area contributed by atoms with Crippen molar-refractivity contribution in [3.8, 4) is 17.2 Å². The molecule has 2 aromatic carbocycles. The number of nitrogens with zero attached hydrogens (tertiary/aromatic N) is 2. The highest BCUT2D eigenvalue weighted by molar-refractivity contribution is 8.01. The highest BCUT2D eigenvalue weighted by Gasteiger charge is 2.33. The molecule has 0 saturated carbocycles. The predicted molar refractivity (Wildman–Crippen MR) is 129 cm³/mol. The summed E-state index contributed by atoms with van der Waals surface area (Å²) in [5, 5.41) is 1.20. The molecule has 0 amide bonds. The fourth-order valence-electron chi connectivity index (χ4n) is 3.58. The molecule has 4 rings (SSSR count). The van der Waals surface area contributed by atoms with Crippen molar-refractivity contribution in [3.63, 3.8) is 0 Å². The number of hydrogen-bond donors (Lipinski definition) is 1. The Morgan fingerprint density at radius 3 is 2.55 bits per heavy atom. The van der Waals surface area contributed by atoms with Crippen LogP contribution in [0.2, 0.25) is 0 Å².